The number of nitrogens with zero attached hydrogens (tertiary/aromatic N) is 1. The minimum Gasteiger partial charge on any atom is -0.316 e. The van der Waals surface area contributed by atoms with Gasteiger partial charge in [-0.1, -0.05) is 40.5 Å². The van der Waals surface area contributed by atoms with E-state index in [0.717, 1.165) is 25.0 Å². The van der Waals surface area contributed by atoms with Crippen LogP contribution in [0.25, 0.3) is 0 Å². The van der Waals surface area contributed by atoms with Crippen molar-refractivity contribution in [3.05, 3.63) is 0 Å². The van der Waals surface area contributed by atoms with E-state index in [2.05, 4.69) is 44.8 Å². The van der Waals surface area contributed by atoms with Gasteiger partial charge in [-0.3, -0.25) is 0 Å². The number of nitrogens with one attached hydrogen (secondary N) is 1. The Bertz CT molecular complexity index is 225. The highest BCUT2D eigenvalue weighted by molar-refractivity contribution is 4.87. The highest BCUT2D eigenvalue weighted by Gasteiger charge is 2.33. The summed E-state index contributed by atoms with van der Waals surface area (Å²) in [7, 11) is 0. The van der Waals surface area contributed by atoms with Gasteiger partial charge in [0, 0.05) is 6.04 Å². The molecule has 0 aromatic carbocycles. The molecule has 0 spiro atoms. The smallest absolute Gasteiger partial charge is 0.0105 e. The Labute approximate surface area is 121 Å². The fraction of sp³-hybridized carbons (Fsp3) is 1.00. The molecule has 1 saturated heterocycles. The van der Waals surface area contributed by atoms with E-state index in [1.165, 1.54) is 45.2 Å². The zero-order valence-corrected chi connectivity index (χ0v) is 14.0. The maximum absolute atomic E-state index is 3.57. The summed E-state index contributed by atoms with van der Waals surface area (Å²) in [6.45, 7) is 16.7. The summed E-state index contributed by atoms with van der Waals surface area (Å²) in [5, 5.41) is 3.57. The van der Waals surface area contributed by atoms with Crippen molar-refractivity contribution < 1.29 is 0 Å². The molecular formula is C17H36N2. The van der Waals surface area contributed by atoms with Gasteiger partial charge < -0.3 is 10.2 Å². The first-order valence-electron chi connectivity index (χ1n) is 8.53. The third-order valence-corrected chi connectivity index (χ3v) is 5.65. The molecule has 1 N–H and O–H groups in total. The number of hydrogen-bond donors (Lipinski definition) is 1. The van der Waals surface area contributed by atoms with E-state index in [9.17, 15) is 0 Å². The van der Waals surface area contributed by atoms with E-state index >= 15 is 0 Å². The van der Waals surface area contributed by atoms with Crippen molar-refractivity contribution >= 4 is 0 Å². The molecule has 1 aliphatic heterocycles. The lowest BCUT2D eigenvalue weighted by Gasteiger charge is -2.44. The van der Waals surface area contributed by atoms with Gasteiger partial charge >= 0.3 is 0 Å². The minimum atomic E-state index is 0.653. The lowest BCUT2D eigenvalue weighted by atomic mass is 9.74. The molecule has 0 aliphatic carbocycles. The van der Waals surface area contributed by atoms with Gasteiger partial charge in [0.15, 0.2) is 0 Å². The Kier molecular flexibility index (Phi) is 7.38. The van der Waals surface area contributed by atoms with E-state index in [-0.39, 0.29) is 0 Å². The van der Waals surface area contributed by atoms with Crippen molar-refractivity contribution in [2.45, 2.75) is 72.8 Å². The van der Waals surface area contributed by atoms with Gasteiger partial charge in [-0.05, 0) is 63.7 Å². The Morgan fingerprint density at radius 3 is 2.11 bits per heavy atom. The molecule has 2 unspecified atom stereocenters. The van der Waals surface area contributed by atoms with Crippen LogP contribution in [0.1, 0.15) is 66.7 Å². The SMILES string of the molecule is CCCNCC(C)C(C)N1CCC(CC)(CC)CC1. The molecule has 1 heterocycles. The van der Waals surface area contributed by atoms with Gasteiger partial charge in [0.05, 0.1) is 0 Å². The molecule has 1 aliphatic rings. The predicted octanol–water partition coefficient (Wildman–Crippen LogP) is 3.91. The second-order valence-corrected chi connectivity index (χ2v) is 6.67. The van der Waals surface area contributed by atoms with Crippen molar-refractivity contribution in [3.63, 3.8) is 0 Å². The lowest BCUT2D eigenvalue weighted by molar-refractivity contribution is 0.0543. The fourth-order valence-corrected chi connectivity index (χ4v) is 3.40. The van der Waals surface area contributed by atoms with Gasteiger partial charge in [-0.15, -0.1) is 0 Å². The average Bonchev–Trinajstić information content (AvgIpc) is 2.46. The second kappa shape index (κ2) is 8.26. The summed E-state index contributed by atoms with van der Waals surface area (Å²) in [5.41, 5.74) is 0.653. The molecule has 1 fully saturated rings. The van der Waals surface area contributed by atoms with Gasteiger partial charge in [-0.25, -0.2) is 0 Å². The summed E-state index contributed by atoms with van der Waals surface area (Å²) >= 11 is 0. The van der Waals surface area contributed by atoms with Crippen LogP contribution < -0.4 is 5.32 Å². The topological polar surface area (TPSA) is 15.3 Å². The van der Waals surface area contributed by atoms with Crippen molar-refractivity contribution in [1.29, 1.82) is 0 Å². The molecule has 19 heavy (non-hydrogen) atoms. The highest BCUT2D eigenvalue weighted by atomic mass is 15.2. The third kappa shape index (κ3) is 4.75. The Morgan fingerprint density at radius 2 is 1.63 bits per heavy atom. The van der Waals surface area contributed by atoms with Gasteiger partial charge in [0.2, 0.25) is 0 Å². The predicted molar refractivity (Wildman–Crippen MR) is 85.6 cm³/mol. The van der Waals surface area contributed by atoms with Crippen molar-refractivity contribution in [1.82, 2.24) is 10.2 Å². The molecule has 0 saturated carbocycles. The first kappa shape index (κ1) is 17.0. The molecule has 0 bridgehead atoms. The molecule has 0 aromatic rings. The molecule has 1 rings (SSSR count). The molecule has 114 valence electrons. The number of likely N-dealkylation sites (tertiary alicyclic amines) is 1. The first-order chi connectivity index (χ1) is 9.08. The average molecular weight is 268 g/mol. The van der Waals surface area contributed by atoms with Crippen molar-refractivity contribution in [2.75, 3.05) is 26.2 Å². The molecule has 0 aromatic heterocycles. The van der Waals surface area contributed by atoms with Gasteiger partial charge in [0.25, 0.3) is 0 Å². The number of rotatable bonds is 8. The van der Waals surface area contributed by atoms with Crippen LogP contribution in [0.3, 0.4) is 0 Å². The summed E-state index contributed by atoms with van der Waals surface area (Å²) in [6.07, 6.45) is 6.76. The molecular weight excluding hydrogens is 232 g/mol. The fourth-order valence-electron chi connectivity index (χ4n) is 3.40. The van der Waals surface area contributed by atoms with Crippen LogP contribution in [0.2, 0.25) is 0 Å². The van der Waals surface area contributed by atoms with Crippen LogP contribution >= 0.6 is 0 Å². The summed E-state index contributed by atoms with van der Waals surface area (Å²) < 4.78 is 0. The minimum absolute atomic E-state index is 0.653. The summed E-state index contributed by atoms with van der Waals surface area (Å²) in [5.74, 6) is 0.752. The van der Waals surface area contributed by atoms with E-state index in [1.807, 2.05) is 0 Å². The maximum atomic E-state index is 3.57. The van der Waals surface area contributed by atoms with Crippen LogP contribution in [0.15, 0.2) is 0 Å². The molecule has 0 radical (unpaired) electrons. The van der Waals surface area contributed by atoms with Crippen molar-refractivity contribution in [3.8, 4) is 0 Å². The zero-order chi connectivity index (χ0) is 14.3. The van der Waals surface area contributed by atoms with E-state index in [4.69, 9.17) is 0 Å². The second-order valence-electron chi connectivity index (χ2n) is 6.67. The monoisotopic (exact) mass is 268 g/mol. The largest absolute Gasteiger partial charge is 0.316 e. The van der Waals surface area contributed by atoms with E-state index < -0.39 is 0 Å². The van der Waals surface area contributed by atoms with Gasteiger partial charge in [-0.2, -0.15) is 0 Å². The lowest BCUT2D eigenvalue weighted by Crippen LogP contribution is -2.47. The molecule has 0 amide bonds. The molecule has 2 nitrogen and oxygen atoms in total. The van der Waals surface area contributed by atoms with Crippen LogP contribution in [-0.2, 0) is 0 Å². The summed E-state index contributed by atoms with van der Waals surface area (Å²) in [4.78, 5) is 2.72. The normalized spacial score (nSPS) is 23.2. The maximum Gasteiger partial charge on any atom is 0.0105 e. The third-order valence-electron chi connectivity index (χ3n) is 5.65. The van der Waals surface area contributed by atoms with Crippen LogP contribution in [0, 0.1) is 11.3 Å². The van der Waals surface area contributed by atoms with E-state index in [0.29, 0.717) is 5.41 Å². The van der Waals surface area contributed by atoms with Crippen LogP contribution in [0.4, 0.5) is 0 Å². The summed E-state index contributed by atoms with van der Waals surface area (Å²) in [6, 6.07) is 0.719. The van der Waals surface area contributed by atoms with Crippen LogP contribution in [-0.4, -0.2) is 37.1 Å². The quantitative estimate of drug-likeness (QED) is 0.671. The molecule has 2 atom stereocenters. The zero-order valence-electron chi connectivity index (χ0n) is 14.0. The van der Waals surface area contributed by atoms with Crippen LogP contribution in [0.5, 0.6) is 0 Å². The Morgan fingerprint density at radius 1 is 1.05 bits per heavy atom. The molecule has 2 heteroatoms. The Balaban J connectivity index is 2.37. The standard InChI is InChI=1S/C17H36N2/c1-6-11-18-14-15(4)16(5)19-12-9-17(7-2,8-3)10-13-19/h15-16,18H,6-14H2,1-5H3. The number of piperidine rings is 1. The highest BCUT2D eigenvalue weighted by Crippen LogP contribution is 2.38. The number of hydrogen-bond acceptors (Lipinski definition) is 2. The first-order valence-corrected chi connectivity index (χ1v) is 8.53. The Hall–Kier alpha value is -0.0800. The van der Waals surface area contributed by atoms with Crippen molar-refractivity contribution in [2.24, 2.45) is 11.3 Å². The van der Waals surface area contributed by atoms with E-state index in [1.54, 1.807) is 0 Å². The van der Waals surface area contributed by atoms with Gasteiger partial charge in [0.1, 0.15) is 0 Å².